The summed E-state index contributed by atoms with van der Waals surface area (Å²) in [6, 6.07) is 15.3. The molecule has 3 N–H and O–H groups in total. The largest absolute Gasteiger partial charge is 0.326 e. The molecule has 0 aliphatic rings. The smallest absolute Gasteiger partial charge is 0.255 e. The second-order valence-electron chi connectivity index (χ2n) is 6.19. The van der Waals surface area contributed by atoms with Crippen molar-refractivity contribution >= 4 is 11.6 Å². The molecule has 2 aromatic carbocycles. The third-order valence-corrected chi connectivity index (χ3v) is 3.43. The Labute approximate surface area is 126 Å². The second kappa shape index (κ2) is 6.10. The first-order chi connectivity index (χ1) is 9.90. The van der Waals surface area contributed by atoms with E-state index < -0.39 is 0 Å². The van der Waals surface area contributed by atoms with Gasteiger partial charge in [0.2, 0.25) is 0 Å². The molecular formula is C18H22N2O. The van der Waals surface area contributed by atoms with E-state index in [1.54, 1.807) is 6.07 Å². The molecule has 2 rings (SSSR count). The van der Waals surface area contributed by atoms with Crippen LogP contribution in [0.4, 0.5) is 5.69 Å². The Balaban J connectivity index is 2.12. The van der Waals surface area contributed by atoms with E-state index in [2.05, 4.69) is 26.1 Å². The van der Waals surface area contributed by atoms with E-state index >= 15 is 0 Å². The van der Waals surface area contributed by atoms with E-state index in [1.807, 2.05) is 42.5 Å². The second-order valence-corrected chi connectivity index (χ2v) is 6.19. The summed E-state index contributed by atoms with van der Waals surface area (Å²) in [4.78, 5) is 12.2. The summed E-state index contributed by atoms with van der Waals surface area (Å²) < 4.78 is 0. The van der Waals surface area contributed by atoms with E-state index in [9.17, 15) is 4.79 Å². The van der Waals surface area contributed by atoms with Crippen molar-refractivity contribution in [2.75, 3.05) is 5.32 Å². The maximum absolute atomic E-state index is 12.2. The molecule has 0 bridgehead atoms. The molecule has 0 fully saturated rings. The Hall–Kier alpha value is -2.13. The monoisotopic (exact) mass is 282 g/mol. The van der Waals surface area contributed by atoms with Gasteiger partial charge in [0, 0.05) is 17.8 Å². The Morgan fingerprint density at radius 1 is 1.10 bits per heavy atom. The molecule has 110 valence electrons. The van der Waals surface area contributed by atoms with E-state index in [4.69, 9.17) is 5.73 Å². The van der Waals surface area contributed by atoms with Gasteiger partial charge in [-0.2, -0.15) is 0 Å². The van der Waals surface area contributed by atoms with E-state index in [0.717, 1.165) is 11.3 Å². The summed E-state index contributed by atoms with van der Waals surface area (Å²) >= 11 is 0. The minimum atomic E-state index is -0.117. The third kappa shape index (κ3) is 3.92. The van der Waals surface area contributed by atoms with Crippen molar-refractivity contribution in [3.63, 3.8) is 0 Å². The van der Waals surface area contributed by atoms with Crippen molar-refractivity contribution in [1.29, 1.82) is 0 Å². The lowest BCUT2D eigenvalue weighted by Crippen LogP contribution is -2.14. The molecule has 21 heavy (non-hydrogen) atoms. The van der Waals surface area contributed by atoms with Gasteiger partial charge in [0.05, 0.1) is 0 Å². The number of anilines is 1. The van der Waals surface area contributed by atoms with E-state index in [-0.39, 0.29) is 11.3 Å². The summed E-state index contributed by atoms with van der Waals surface area (Å²) in [6.45, 7) is 6.93. The van der Waals surface area contributed by atoms with Crippen LogP contribution in [0.15, 0.2) is 48.5 Å². The molecule has 0 unspecified atom stereocenters. The summed E-state index contributed by atoms with van der Waals surface area (Å²) in [5.74, 6) is -0.117. The molecule has 3 heteroatoms. The van der Waals surface area contributed by atoms with Crippen LogP contribution in [0, 0.1) is 0 Å². The predicted molar refractivity (Wildman–Crippen MR) is 87.4 cm³/mol. The summed E-state index contributed by atoms with van der Waals surface area (Å²) in [7, 11) is 0. The first kappa shape index (κ1) is 15.3. The molecule has 0 radical (unpaired) electrons. The topological polar surface area (TPSA) is 55.1 Å². The molecule has 0 spiro atoms. The van der Waals surface area contributed by atoms with Gasteiger partial charge in [-0.25, -0.2) is 0 Å². The zero-order valence-corrected chi connectivity index (χ0v) is 12.8. The van der Waals surface area contributed by atoms with Crippen LogP contribution in [-0.4, -0.2) is 5.91 Å². The standard InChI is InChI=1S/C18H22N2O/c1-18(2,3)15-7-9-16(10-8-15)20-17(21)14-6-4-5-13(11-14)12-19/h4-11H,12,19H2,1-3H3,(H,20,21). The van der Waals surface area contributed by atoms with Crippen molar-refractivity contribution in [2.45, 2.75) is 32.7 Å². The number of nitrogens with two attached hydrogens (primary N) is 1. The number of nitrogens with one attached hydrogen (secondary N) is 1. The highest BCUT2D eigenvalue weighted by Crippen LogP contribution is 2.23. The van der Waals surface area contributed by atoms with Crippen LogP contribution >= 0.6 is 0 Å². The van der Waals surface area contributed by atoms with Gasteiger partial charge in [-0.15, -0.1) is 0 Å². The van der Waals surface area contributed by atoms with Crippen LogP contribution in [0.5, 0.6) is 0 Å². The molecule has 0 aliphatic carbocycles. The lowest BCUT2D eigenvalue weighted by Gasteiger charge is -2.19. The van der Waals surface area contributed by atoms with Crippen molar-refractivity contribution < 1.29 is 4.79 Å². The predicted octanol–water partition coefficient (Wildman–Crippen LogP) is 3.70. The third-order valence-electron chi connectivity index (χ3n) is 3.43. The number of hydrogen-bond acceptors (Lipinski definition) is 2. The van der Waals surface area contributed by atoms with Crippen LogP contribution in [0.1, 0.15) is 42.3 Å². The molecule has 1 amide bonds. The normalized spacial score (nSPS) is 11.2. The summed E-state index contributed by atoms with van der Waals surface area (Å²) in [5.41, 5.74) is 9.32. The zero-order valence-electron chi connectivity index (χ0n) is 12.8. The molecule has 0 heterocycles. The molecule has 2 aromatic rings. The Morgan fingerprint density at radius 3 is 2.33 bits per heavy atom. The van der Waals surface area contributed by atoms with Crippen molar-refractivity contribution in [3.8, 4) is 0 Å². The quantitative estimate of drug-likeness (QED) is 0.902. The number of benzene rings is 2. The molecule has 3 nitrogen and oxygen atoms in total. The van der Waals surface area contributed by atoms with Crippen LogP contribution in [0.2, 0.25) is 0 Å². The zero-order chi connectivity index (χ0) is 15.5. The minimum Gasteiger partial charge on any atom is -0.326 e. The van der Waals surface area contributed by atoms with Crippen molar-refractivity contribution in [3.05, 3.63) is 65.2 Å². The van der Waals surface area contributed by atoms with Crippen LogP contribution in [0.25, 0.3) is 0 Å². The van der Waals surface area contributed by atoms with Gasteiger partial charge < -0.3 is 11.1 Å². The molecule has 0 saturated carbocycles. The van der Waals surface area contributed by atoms with Crippen LogP contribution in [0.3, 0.4) is 0 Å². The molecule has 0 aromatic heterocycles. The highest BCUT2D eigenvalue weighted by Gasteiger charge is 2.13. The molecular weight excluding hydrogens is 260 g/mol. The highest BCUT2D eigenvalue weighted by atomic mass is 16.1. The SMILES string of the molecule is CC(C)(C)c1ccc(NC(=O)c2cccc(CN)c2)cc1. The Bertz CT molecular complexity index is 624. The van der Waals surface area contributed by atoms with Gasteiger partial charge in [-0.1, -0.05) is 45.0 Å². The molecule has 0 aliphatic heterocycles. The fourth-order valence-corrected chi connectivity index (χ4v) is 2.10. The van der Waals surface area contributed by atoms with Crippen molar-refractivity contribution in [2.24, 2.45) is 5.73 Å². The maximum Gasteiger partial charge on any atom is 0.255 e. The molecule has 0 atom stereocenters. The summed E-state index contributed by atoms with van der Waals surface area (Å²) in [5, 5.41) is 2.91. The number of amides is 1. The number of carbonyl (C=O) groups is 1. The van der Waals surface area contributed by atoms with Gasteiger partial charge in [0.15, 0.2) is 0 Å². The average molecular weight is 282 g/mol. The first-order valence-electron chi connectivity index (χ1n) is 7.11. The number of carbonyl (C=O) groups excluding carboxylic acids is 1. The first-order valence-corrected chi connectivity index (χ1v) is 7.11. The number of hydrogen-bond donors (Lipinski definition) is 2. The van der Waals surface area contributed by atoms with Crippen LogP contribution in [-0.2, 0) is 12.0 Å². The fraction of sp³-hybridized carbons (Fsp3) is 0.278. The van der Waals surface area contributed by atoms with Gasteiger partial charge >= 0.3 is 0 Å². The summed E-state index contributed by atoms with van der Waals surface area (Å²) in [6.07, 6.45) is 0. The van der Waals surface area contributed by atoms with E-state index in [1.165, 1.54) is 5.56 Å². The molecule has 0 saturated heterocycles. The van der Waals surface area contributed by atoms with Crippen LogP contribution < -0.4 is 11.1 Å². The Morgan fingerprint density at radius 2 is 1.76 bits per heavy atom. The maximum atomic E-state index is 12.2. The lowest BCUT2D eigenvalue weighted by molar-refractivity contribution is 0.102. The fourth-order valence-electron chi connectivity index (χ4n) is 2.10. The van der Waals surface area contributed by atoms with E-state index in [0.29, 0.717) is 12.1 Å². The van der Waals surface area contributed by atoms with Gasteiger partial charge in [0.1, 0.15) is 0 Å². The lowest BCUT2D eigenvalue weighted by atomic mass is 9.87. The van der Waals surface area contributed by atoms with Gasteiger partial charge in [-0.05, 0) is 40.8 Å². The highest BCUT2D eigenvalue weighted by molar-refractivity contribution is 6.04. The van der Waals surface area contributed by atoms with Crippen molar-refractivity contribution in [1.82, 2.24) is 0 Å². The average Bonchev–Trinajstić information content (AvgIpc) is 2.47. The van der Waals surface area contributed by atoms with Gasteiger partial charge in [-0.3, -0.25) is 4.79 Å². The number of rotatable bonds is 3. The van der Waals surface area contributed by atoms with Gasteiger partial charge in [0.25, 0.3) is 5.91 Å². The minimum absolute atomic E-state index is 0.109. The Kier molecular flexibility index (Phi) is 4.43.